The summed E-state index contributed by atoms with van der Waals surface area (Å²) in [5.74, 6) is 0. The van der Waals surface area contributed by atoms with Crippen molar-refractivity contribution in [1.82, 2.24) is 0 Å². The van der Waals surface area contributed by atoms with Crippen LogP contribution in [0, 0.1) is 6.92 Å². The highest BCUT2D eigenvalue weighted by Gasteiger charge is 2.26. The summed E-state index contributed by atoms with van der Waals surface area (Å²) < 4.78 is 5.55. The summed E-state index contributed by atoms with van der Waals surface area (Å²) >= 11 is 5.02. The van der Waals surface area contributed by atoms with E-state index in [4.69, 9.17) is 22.7 Å². The van der Waals surface area contributed by atoms with Crippen molar-refractivity contribution in [3.8, 4) is 0 Å². The van der Waals surface area contributed by atoms with Gasteiger partial charge in [-0.05, 0) is 37.6 Å². The first-order valence-electron chi connectivity index (χ1n) is 6.42. The van der Waals surface area contributed by atoms with Gasteiger partial charge in [0.25, 0.3) is 0 Å². The Bertz CT molecular complexity index is 479. The zero-order valence-corrected chi connectivity index (χ0v) is 12.1. The van der Waals surface area contributed by atoms with E-state index in [0.29, 0.717) is 18.1 Å². The van der Waals surface area contributed by atoms with Crippen molar-refractivity contribution in [2.24, 2.45) is 5.73 Å². The first-order valence-corrected chi connectivity index (χ1v) is 6.83. The second kappa shape index (κ2) is 5.86. The molecule has 2 unspecified atom stereocenters. The molecule has 0 bridgehead atoms. The van der Waals surface area contributed by atoms with Crippen LogP contribution in [0.2, 0.25) is 0 Å². The smallest absolute Gasteiger partial charge is 0.104 e. The molecule has 0 amide bonds. The second-order valence-electron chi connectivity index (χ2n) is 5.00. The summed E-state index contributed by atoms with van der Waals surface area (Å²) in [6.07, 6.45) is -0.119. The van der Waals surface area contributed by atoms with Gasteiger partial charge in [-0.1, -0.05) is 12.2 Å². The molecular weight excluding hydrogens is 260 g/mol. The number of nitrogens with two attached hydrogens (primary N) is 1. The summed E-state index contributed by atoms with van der Waals surface area (Å²) in [7, 11) is 0. The van der Waals surface area contributed by atoms with Crippen LogP contribution in [0.4, 0.5) is 5.69 Å². The number of aliphatic hydroxyl groups excluding tert-OH is 1. The SMILES string of the molecule is Cc1cc(N2CC(CO)OCC2C)ccc1C(N)=S. The van der Waals surface area contributed by atoms with Gasteiger partial charge in [-0.3, -0.25) is 0 Å². The van der Waals surface area contributed by atoms with E-state index in [-0.39, 0.29) is 18.8 Å². The molecule has 1 heterocycles. The van der Waals surface area contributed by atoms with E-state index in [1.165, 1.54) is 0 Å². The maximum Gasteiger partial charge on any atom is 0.104 e. The van der Waals surface area contributed by atoms with Crippen molar-refractivity contribution < 1.29 is 9.84 Å². The van der Waals surface area contributed by atoms with E-state index in [0.717, 1.165) is 16.8 Å². The van der Waals surface area contributed by atoms with E-state index >= 15 is 0 Å². The van der Waals surface area contributed by atoms with Crippen molar-refractivity contribution in [2.75, 3.05) is 24.7 Å². The average molecular weight is 280 g/mol. The lowest BCUT2D eigenvalue weighted by molar-refractivity contribution is -0.0103. The van der Waals surface area contributed by atoms with Gasteiger partial charge >= 0.3 is 0 Å². The Morgan fingerprint density at radius 1 is 1.58 bits per heavy atom. The number of thiocarbonyl (C=S) groups is 1. The van der Waals surface area contributed by atoms with Crippen LogP contribution >= 0.6 is 12.2 Å². The molecule has 1 aromatic carbocycles. The molecule has 3 N–H and O–H groups in total. The van der Waals surface area contributed by atoms with Crippen LogP contribution in [0.5, 0.6) is 0 Å². The first kappa shape index (κ1) is 14.2. The molecule has 4 nitrogen and oxygen atoms in total. The molecule has 0 saturated carbocycles. The van der Waals surface area contributed by atoms with Crippen LogP contribution in [-0.4, -0.2) is 42.0 Å². The van der Waals surface area contributed by atoms with E-state index in [2.05, 4.69) is 17.9 Å². The molecular formula is C14H20N2O2S. The monoisotopic (exact) mass is 280 g/mol. The average Bonchev–Trinajstić information content (AvgIpc) is 2.38. The fourth-order valence-electron chi connectivity index (χ4n) is 2.39. The van der Waals surface area contributed by atoms with Crippen LogP contribution in [0.25, 0.3) is 0 Å². The molecule has 1 aromatic rings. The Labute approximate surface area is 119 Å². The number of hydrogen-bond donors (Lipinski definition) is 2. The Balaban J connectivity index is 2.25. The number of aryl methyl sites for hydroxylation is 1. The van der Waals surface area contributed by atoms with Crippen LogP contribution in [0.15, 0.2) is 18.2 Å². The molecule has 1 saturated heterocycles. The molecule has 1 fully saturated rings. The molecule has 5 heteroatoms. The summed E-state index contributed by atoms with van der Waals surface area (Å²) in [5, 5.41) is 9.23. The Kier molecular flexibility index (Phi) is 4.39. The lowest BCUT2D eigenvalue weighted by Gasteiger charge is -2.39. The lowest BCUT2D eigenvalue weighted by Crippen LogP contribution is -2.49. The summed E-state index contributed by atoms with van der Waals surface area (Å²) in [6.45, 7) is 5.50. The minimum Gasteiger partial charge on any atom is -0.394 e. The largest absolute Gasteiger partial charge is 0.394 e. The lowest BCUT2D eigenvalue weighted by atomic mass is 10.1. The van der Waals surface area contributed by atoms with Gasteiger partial charge in [-0.2, -0.15) is 0 Å². The number of aliphatic hydroxyl groups is 1. The number of morpholine rings is 1. The van der Waals surface area contributed by atoms with Crippen molar-refractivity contribution in [3.05, 3.63) is 29.3 Å². The van der Waals surface area contributed by atoms with Crippen molar-refractivity contribution in [3.63, 3.8) is 0 Å². The molecule has 0 aliphatic carbocycles. The zero-order valence-electron chi connectivity index (χ0n) is 11.3. The molecule has 2 rings (SSSR count). The van der Waals surface area contributed by atoms with Gasteiger partial charge < -0.3 is 20.5 Å². The third kappa shape index (κ3) is 3.05. The van der Waals surface area contributed by atoms with Crippen molar-refractivity contribution in [1.29, 1.82) is 0 Å². The summed E-state index contributed by atoms with van der Waals surface area (Å²) in [6, 6.07) is 6.36. The summed E-state index contributed by atoms with van der Waals surface area (Å²) in [5.41, 5.74) is 8.78. The molecule has 104 valence electrons. The number of rotatable bonds is 3. The quantitative estimate of drug-likeness (QED) is 0.815. The number of ether oxygens (including phenoxy) is 1. The number of benzene rings is 1. The van der Waals surface area contributed by atoms with Crippen molar-refractivity contribution >= 4 is 22.9 Å². The molecule has 0 radical (unpaired) electrons. The summed E-state index contributed by atoms with van der Waals surface area (Å²) in [4.78, 5) is 2.67. The zero-order chi connectivity index (χ0) is 14.0. The second-order valence-corrected chi connectivity index (χ2v) is 5.44. The molecule has 19 heavy (non-hydrogen) atoms. The Morgan fingerprint density at radius 2 is 2.32 bits per heavy atom. The Hall–Kier alpha value is -1.17. The topological polar surface area (TPSA) is 58.7 Å². The van der Waals surface area contributed by atoms with Crippen molar-refractivity contribution in [2.45, 2.75) is 26.0 Å². The van der Waals surface area contributed by atoms with E-state index in [9.17, 15) is 5.11 Å². The molecule has 0 spiro atoms. The fourth-order valence-corrected chi connectivity index (χ4v) is 2.62. The normalized spacial score (nSPS) is 23.4. The molecule has 1 aliphatic rings. The van der Waals surface area contributed by atoms with Gasteiger partial charge in [0, 0.05) is 23.8 Å². The highest BCUT2D eigenvalue weighted by molar-refractivity contribution is 7.80. The third-order valence-corrected chi connectivity index (χ3v) is 3.74. The van der Waals surface area contributed by atoms with E-state index in [1.807, 2.05) is 19.1 Å². The minimum absolute atomic E-state index is 0.0488. The fraction of sp³-hybridized carbons (Fsp3) is 0.500. The van der Waals surface area contributed by atoms with Crippen LogP contribution in [0.1, 0.15) is 18.1 Å². The Morgan fingerprint density at radius 3 is 2.89 bits per heavy atom. The van der Waals surface area contributed by atoms with Gasteiger partial charge in [0.05, 0.1) is 19.3 Å². The maximum atomic E-state index is 9.23. The highest BCUT2D eigenvalue weighted by Crippen LogP contribution is 2.24. The molecule has 0 aromatic heterocycles. The molecule has 2 atom stereocenters. The van der Waals surface area contributed by atoms with E-state index < -0.39 is 0 Å². The number of nitrogens with zero attached hydrogens (tertiary/aromatic N) is 1. The van der Waals surface area contributed by atoms with E-state index in [1.54, 1.807) is 0 Å². The first-order chi connectivity index (χ1) is 9.02. The standard InChI is InChI=1S/C14H20N2O2S/c1-9-5-11(3-4-13(9)14(15)19)16-6-12(7-17)18-8-10(16)2/h3-5,10,12,17H,6-8H2,1-2H3,(H2,15,19). The van der Waals surface area contributed by atoms with Crippen LogP contribution in [-0.2, 0) is 4.74 Å². The number of anilines is 1. The predicted molar refractivity (Wildman–Crippen MR) is 80.7 cm³/mol. The maximum absolute atomic E-state index is 9.23. The van der Waals surface area contributed by atoms with Gasteiger partial charge in [0.2, 0.25) is 0 Å². The molecule has 1 aliphatic heterocycles. The minimum atomic E-state index is -0.119. The predicted octanol–water partition coefficient (Wildman–Crippen LogP) is 1.22. The van der Waals surface area contributed by atoms with Crippen LogP contribution < -0.4 is 10.6 Å². The van der Waals surface area contributed by atoms with Crippen LogP contribution in [0.3, 0.4) is 0 Å². The highest BCUT2D eigenvalue weighted by atomic mass is 32.1. The van der Waals surface area contributed by atoms with Gasteiger partial charge in [-0.25, -0.2) is 0 Å². The van der Waals surface area contributed by atoms with Gasteiger partial charge in [-0.15, -0.1) is 0 Å². The van der Waals surface area contributed by atoms with Gasteiger partial charge in [0.1, 0.15) is 4.99 Å². The number of hydrogen-bond acceptors (Lipinski definition) is 4. The van der Waals surface area contributed by atoms with Gasteiger partial charge in [0.15, 0.2) is 0 Å². The third-order valence-electron chi connectivity index (χ3n) is 3.52.